The molecule has 3 rings (SSSR count). The molecule has 1 aliphatic heterocycles. The van der Waals surface area contributed by atoms with E-state index >= 15 is 0 Å². The molecular formula is C18H17Br2Cl3N2. The predicted molar refractivity (Wildman–Crippen MR) is 117 cm³/mol. The highest BCUT2D eigenvalue weighted by atomic mass is 79.9. The fourth-order valence-electron chi connectivity index (χ4n) is 3.04. The zero-order valence-corrected chi connectivity index (χ0v) is 19.2. The molecule has 0 amide bonds. The minimum Gasteiger partial charge on any atom is -0.346 e. The van der Waals surface area contributed by atoms with Crippen LogP contribution in [0, 0.1) is 13.8 Å². The van der Waals surface area contributed by atoms with Crippen LogP contribution < -0.4 is 9.80 Å². The normalized spacial score (nSPS) is 16.0. The van der Waals surface area contributed by atoms with E-state index in [4.69, 9.17) is 34.8 Å². The van der Waals surface area contributed by atoms with E-state index in [0.717, 1.165) is 33.4 Å². The molecule has 0 spiro atoms. The standard InChI is InChI=1S/C18H17Br2Cl3N2/c1-11-3-5-13(9-15(11)19)24-7-8-25(17(24)18(21,22)23)14-6-4-12(2)16(20)10-14/h3-6,9-10,17H,7-8H2,1-2H3. The van der Waals surface area contributed by atoms with Crippen LogP contribution in [-0.2, 0) is 0 Å². The predicted octanol–water partition coefficient (Wildman–Crippen LogP) is 6.85. The van der Waals surface area contributed by atoms with Gasteiger partial charge in [-0.2, -0.15) is 0 Å². The van der Waals surface area contributed by atoms with Crippen molar-refractivity contribution in [1.29, 1.82) is 0 Å². The number of alkyl halides is 3. The summed E-state index contributed by atoms with van der Waals surface area (Å²) in [6.07, 6.45) is -0.387. The molecule has 1 aliphatic rings. The van der Waals surface area contributed by atoms with Gasteiger partial charge in [0.2, 0.25) is 3.79 Å². The van der Waals surface area contributed by atoms with Gasteiger partial charge in [0.1, 0.15) is 0 Å². The van der Waals surface area contributed by atoms with Crippen LogP contribution in [0.1, 0.15) is 11.1 Å². The number of aryl methyl sites for hydroxylation is 2. The first-order valence-electron chi connectivity index (χ1n) is 7.81. The Bertz CT molecular complexity index is 733. The third-order valence-electron chi connectivity index (χ3n) is 4.44. The monoisotopic (exact) mass is 524 g/mol. The van der Waals surface area contributed by atoms with Crippen LogP contribution in [0.2, 0.25) is 0 Å². The summed E-state index contributed by atoms with van der Waals surface area (Å²) in [6.45, 7) is 5.67. The van der Waals surface area contributed by atoms with Gasteiger partial charge in [-0.25, -0.2) is 0 Å². The van der Waals surface area contributed by atoms with E-state index in [2.05, 4.69) is 91.9 Å². The molecule has 1 saturated heterocycles. The summed E-state index contributed by atoms with van der Waals surface area (Å²) < 4.78 is 0.639. The Balaban J connectivity index is 2.01. The topological polar surface area (TPSA) is 6.48 Å². The lowest BCUT2D eigenvalue weighted by Gasteiger charge is -2.37. The summed E-state index contributed by atoms with van der Waals surface area (Å²) in [4.78, 5) is 4.29. The van der Waals surface area contributed by atoms with Gasteiger partial charge in [0.25, 0.3) is 0 Å². The first kappa shape index (κ1) is 19.6. The van der Waals surface area contributed by atoms with E-state index in [-0.39, 0.29) is 6.17 Å². The van der Waals surface area contributed by atoms with Gasteiger partial charge in [-0.1, -0.05) is 78.8 Å². The highest BCUT2D eigenvalue weighted by Crippen LogP contribution is 2.42. The molecule has 0 saturated carbocycles. The minimum atomic E-state index is -1.45. The third kappa shape index (κ3) is 4.08. The number of nitrogens with zero attached hydrogens (tertiary/aromatic N) is 2. The number of hydrogen-bond donors (Lipinski definition) is 0. The van der Waals surface area contributed by atoms with Crippen LogP contribution >= 0.6 is 66.7 Å². The first-order valence-corrected chi connectivity index (χ1v) is 10.5. The van der Waals surface area contributed by atoms with Crippen molar-refractivity contribution in [2.75, 3.05) is 22.9 Å². The lowest BCUT2D eigenvalue weighted by Crippen LogP contribution is -2.48. The van der Waals surface area contributed by atoms with Crippen molar-refractivity contribution >= 4 is 78.0 Å². The molecule has 0 bridgehead atoms. The van der Waals surface area contributed by atoms with E-state index < -0.39 is 3.79 Å². The average Bonchev–Trinajstić information content (AvgIpc) is 2.98. The fraction of sp³-hybridized carbons (Fsp3) is 0.333. The Morgan fingerprint density at radius 1 is 0.840 bits per heavy atom. The molecule has 1 heterocycles. The maximum absolute atomic E-state index is 6.39. The largest absolute Gasteiger partial charge is 0.346 e. The van der Waals surface area contributed by atoms with Crippen LogP contribution in [0.25, 0.3) is 0 Å². The molecular weight excluding hydrogens is 510 g/mol. The van der Waals surface area contributed by atoms with Crippen LogP contribution in [0.5, 0.6) is 0 Å². The van der Waals surface area contributed by atoms with Crippen molar-refractivity contribution in [1.82, 2.24) is 0 Å². The number of rotatable bonds is 2. The van der Waals surface area contributed by atoms with Crippen molar-refractivity contribution in [2.24, 2.45) is 0 Å². The molecule has 2 aromatic rings. The highest BCUT2D eigenvalue weighted by molar-refractivity contribution is 9.10. The minimum absolute atomic E-state index is 0.387. The third-order valence-corrected chi connectivity index (χ3v) is 6.73. The second-order valence-electron chi connectivity index (χ2n) is 6.17. The summed E-state index contributed by atoms with van der Waals surface area (Å²) in [7, 11) is 0. The molecule has 0 radical (unpaired) electrons. The van der Waals surface area contributed by atoms with Crippen LogP contribution in [0.3, 0.4) is 0 Å². The summed E-state index contributed by atoms with van der Waals surface area (Å²) in [5.74, 6) is 0. The molecule has 2 nitrogen and oxygen atoms in total. The Morgan fingerprint density at radius 2 is 1.24 bits per heavy atom. The smallest absolute Gasteiger partial charge is 0.228 e. The van der Waals surface area contributed by atoms with E-state index in [9.17, 15) is 0 Å². The van der Waals surface area contributed by atoms with Crippen LogP contribution in [-0.4, -0.2) is 23.0 Å². The Labute approximate surface area is 180 Å². The zero-order valence-electron chi connectivity index (χ0n) is 13.7. The summed E-state index contributed by atoms with van der Waals surface area (Å²) in [6, 6.07) is 12.4. The molecule has 2 aromatic carbocycles. The van der Waals surface area contributed by atoms with Crippen molar-refractivity contribution in [2.45, 2.75) is 23.8 Å². The molecule has 1 fully saturated rings. The number of benzene rings is 2. The van der Waals surface area contributed by atoms with Gasteiger partial charge in [0, 0.05) is 33.4 Å². The summed E-state index contributed by atoms with van der Waals surface area (Å²) in [5, 5.41) is 0. The Kier molecular flexibility index (Phi) is 5.87. The maximum atomic E-state index is 6.39. The fourth-order valence-corrected chi connectivity index (χ4v) is 4.48. The van der Waals surface area contributed by atoms with Crippen molar-refractivity contribution in [3.63, 3.8) is 0 Å². The number of anilines is 2. The van der Waals surface area contributed by atoms with E-state index in [1.54, 1.807) is 0 Å². The summed E-state index contributed by atoms with van der Waals surface area (Å²) >= 11 is 26.4. The van der Waals surface area contributed by atoms with Gasteiger partial charge in [0.15, 0.2) is 6.17 Å². The van der Waals surface area contributed by atoms with E-state index in [1.807, 2.05) is 0 Å². The van der Waals surface area contributed by atoms with Crippen molar-refractivity contribution in [3.8, 4) is 0 Å². The first-order chi connectivity index (χ1) is 11.7. The number of halogens is 5. The van der Waals surface area contributed by atoms with Gasteiger partial charge in [0.05, 0.1) is 0 Å². The molecule has 7 heteroatoms. The van der Waals surface area contributed by atoms with Gasteiger partial charge in [-0.05, 0) is 49.2 Å². The molecule has 0 aromatic heterocycles. The number of hydrogen-bond acceptors (Lipinski definition) is 2. The van der Waals surface area contributed by atoms with Gasteiger partial charge >= 0.3 is 0 Å². The molecule has 0 unspecified atom stereocenters. The molecule has 0 aliphatic carbocycles. The zero-order chi connectivity index (χ0) is 18.4. The van der Waals surface area contributed by atoms with Gasteiger partial charge in [-0.3, -0.25) is 0 Å². The lowest BCUT2D eigenvalue weighted by molar-refractivity contribution is 0.681. The van der Waals surface area contributed by atoms with Crippen LogP contribution in [0.15, 0.2) is 45.3 Å². The van der Waals surface area contributed by atoms with Gasteiger partial charge < -0.3 is 9.80 Å². The second kappa shape index (κ2) is 7.47. The molecule has 25 heavy (non-hydrogen) atoms. The quantitative estimate of drug-likeness (QED) is 0.394. The van der Waals surface area contributed by atoms with Crippen molar-refractivity contribution in [3.05, 3.63) is 56.5 Å². The SMILES string of the molecule is Cc1ccc(N2CCN(c3ccc(C)c(Br)c3)C2C(Cl)(Cl)Cl)cc1Br. The van der Waals surface area contributed by atoms with Crippen molar-refractivity contribution < 1.29 is 0 Å². The molecule has 0 atom stereocenters. The van der Waals surface area contributed by atoms with Crippen LogP contribution in [0.4, 0.5) is 11.4 Å². The highest BCUT2D eigenvalue weighted by Gasteiger charge is 2.45. The Morgan fingerprint density at radius 3 is 1.56 bits per heavy atom. The average molecular weight is 528 g/mol. The molecule has 134 valence electrons. The summed E-state index contributed by atoms with van der Waals surface area (Å²) in [5.41, 5.74) is 4.41. The second-order valence-corrected chi connectivity index (χ2v) is 10.2. The van der Waals surface area contributed by atoms with E-state index in [0.29, 0.717) is 0 Å². The maximum Gasteiger partial charge on any atom is 0.228 e. The lowest BCUT2D eigenvalue weighted by atomic mass is 10.2. The molecule has 0 N–H and O–H groups in total. The van der Waals surface area contributed by atoms with Gasteiger partial charge in [-0.15, -0.1) is 0 Å². The Hall–Kier alpha value is -0.130. The van der Waals surface area contributed by atoms with E-state index in [1.165, 1.54) is 11.1 Å².